The van der Waals surface area contributed by atoms with Crippen molar-refractivity contribution in [3.8, 4) is 0 Å². The normalized spacial score (nSPS) is 14.9. The second-order valence-corrected chi connectivity index (χ2v) is 8.26. The number of rotatable bonds is 7. The zero-order valence-electron chi connectivity index (χ0n) is 14.3. The lowest BCUT2D eigenvalue weighted by Gasteiger charge is -2.18. The molecular weight excluding hydrogens is 385 g/mol. The van der Waals surface area contributed by atoms with Gasteiger partial charge in [-0.25, -0.2) is 9.07 Å². The molecule has 0 saturated heterocycles. The largest absolute Gasteiger partial charge is 0.344 e. The minimum atomic E-state index is -0.323. The van der Waals surface area contributed by atoms with Crippen LogP contribution in [0.5, 0.6) is 0 Å². The molecule has 3 N–H and O–H groups in total. The number of nitrogens with one attached hydrogen (secondary N) is 1. The van der Waals surface area contributed by atoms with Crippen LogP contribution in [0.4, 0.5) is 4.39 Å². The summed E-state index contributed by atoms with van der Waals surface area (Å²) < 4.78 is 14.7. The molecule has 0 aliphatic heterocycles. The Balaban J connectivity index is 1.43. The first-order chi connectivity index (χ1) is 13.1. The number of hydrogen-bond acceptors (Lipinski definition) is 6. The summed E-state index contributed by atoms with van der Waals surface area (Å²) in [4.78, 5) is 13.5. The summed E-state index contributed by atoms with van der Waals surface area (Å²) in [5.41, 5.74) is 0.829. The number of nitrogens with zero attached hydrogens (tertiary/aromatic N) is 3. The number of halogens is 1. The number of nitrogens with two attached hydrogens (primary N) is 1. The summed E-state index contributed by atoms with van der Waals surface area (Å²) in [6.07, 6.45) is 2.17. The highest BCUT2D eigenvalue weighted by Crippen LogP contribution is 2.39. The van der Waals surface area contributed by atoms with Crippen LogP contribution in [-0.2, 0) is 4.79 Å². The lowest BCUT2D eigenvalue weighted by molar-refractivity contribution is -0.119. The lowest BCUT2D eigenvalue weighted by Crippen LogP contribution is -2.30. The second kappa shape index (κ2) is 7.69. The molecular formula is C18H18FN5OS2. The van der Waals surface area contributed by atoms with Gasteiger partial charge in [0.2, 0.25) is 11.1 Å². The van der Waals surface area contributed by atoms with Crippen molar-refractivity contribution in [3.05, 3.63) is 63.9 Å². The van der Waals surface area contributed by atoms with Crippen molar-refractivity contribution in [2.45, 2.75) is 30.0 Å². The van der Waals surface area contributed by atoms with Crippen molar-refractivity contribution in [3.63, 3.8) is 0 Å². The van der Waals surface area contributed by atoms with E-state index >= 15 is 0 Å². The molecule has 9 heteroatoms. The van der Waals surface area contributed by atoms with E-state index in [1.54, 1.807) is 23.5 Å². The Morgan fingerprint density at radius 1 is 1.33 bits per heavy atom. The molecule has 140 valence electrons. The van der Waals surface area contributed by atoms with Crippen molar-refractivity contribution < 1.29 is 9.18 Å². The Morgan fingerprint density at radius 3 is 2.78 bits per heavy atom. The van der Waals surface area contributed by atoms with Gasteiger partial charge in [0.15, 0.2) is 5.82 Å². The standard InChI is InChI=1S/C18H18FN5OS2/c19-13-7-5-11(6-8-13)16(14-2-1-9-26-14)21-15(25)10-27-18-23-22-17(24(18)20)12-3-4-12/h1-2,5-9,12,16H,3-4,10,20H2,(H,21,25)/t16-/m1/s1. The van der Waals surface area contributed by atoms with Crippen LogP contribution in [-0.4, -0.2) is 26.5 Å². The van der Waals surface area contributed by atoms with Crippen molar-refractivity contribution in [1.82, 2.24) is 20.2 Å². The third-order valence-corrected chi connectivity index (χ3v) is 6.18. The number of thiophene rings is 1. The number of hydrogen-bond donors (Lipinski definition) is 2. The molecule has 0 spiro atoms. The fourth-order valence-corrected chi connectivity index (χ4v) is 4.25. The molecule has 1 aliphatic rings. The average molecular weight is 404 g/mol. The Morgan fingerprint density at radius 2 is 2.11 bits per heavy atom. The van der Waals surface area contributed by atoms with Crippen LogP contribution in [0.15, 0.2) is 46.9 Å². The molecule has 1 saturated carbocycles. The number of benzene rings is 1. The average Bonchev–Trinajstić information content (AvgIpc) is 3.22. The van der Waals surface area contributed by atoms with E-state index in [4.69, 9.17) is 5.84 Å². The number of aromatic nitrogens is 3. The van der Waals surface area contributed by atoms with Crippen molar-refractivity contribution in [1.29, 1.82) is 0 Å². The van der Waals surface area contributed by atoms with Crippen LogP contribution in [0.25, 0.3) is 0 Å². The van der Waals surface area contributed by atoms with Crippen LogP contribution in [0, 0.1) is 5.82 Å². The van der Waals surface area contributed by atoms with Gasteiger partial charge in [-0.15, -0.1) is 21.5 Å². The van der Waals surface area contributed by atoms with Crippen LogP contribution in [0.2, 0.25) is 0 Å². The fourth-order valence-electron chi connectivity index (χ4n) is 2.77. The summed E-state index contributed by atoms with van der Waals surface area (Å²) >= 11 is 2.79. The van der Waals surface area contributed by atoms with Gasteiger partial charge in [-0.3, -0.25) is 4.79 Å². The van der Waals surface area contributed by atoms with E-state index in [0.29, 0.717) is 11.1 Å². The van der Waals surface area contributed by atoms with E-state index in [9.17, 15) is 9.18 Å². The van der Waals surface area contributed by atoms with Crippen molar-refractivity contribution >= 4 is 29.0 Å². The van der Waals surface area contributed by atoms with Crippen molar-refractivity contribution in [2.24, 2.45) is 0 Å². The van der Waals surface area contributed by atoms with E-state index in [2.05, 4.69) is 15.5 Å². The van der Waals surface area contributed by atoms with E-state index < -0.39 is 0 Å². The van der Waals surface area contributed by atoms with E-state index in [-0.39, 0.29) is 23.5 Å². The molecule has 0 unspecified atom stereocenters. The first kappa shape index (κ1) is 18.0. The predicted octanol–water partition coefficient (Wildman–Crippen LogP) is 3.07. The van der Waals surface area contributed by atoms with Gasteiger partial charge in [-0.1, -0.05) is 30.0 Å². The highest BCUT2D eigenvalue weighted by molar-refractivity contribution is 7.99. The summed E-state index contributed by atoms with van der Waals surface area (Å²) in [6.45, 7) is 0. The maximum absolute atomic E-state index is 13.2. The minimum absolute atomic E-state index is 0.154. The molecule has 2 heterocycles. The third kappa shape index (κ3) is 4.14. The van der Waals surface area contributed by atoms with E-state index in [1.807, 2.05) is 17.5 Å². The van der Waals surface area contributed by atoms with Gasteiger partial charge in [-0.2, -0.15) is 0 Å². The van der Waals surface area contributed by atoms with Gasteiger partial charge < -0.3 is 11.2 Å². The van der Waals surface area contributed by atoms with E-state index in [0.717, 1.165) is 29.1 Å². The molecule has 4 rings (SSSR count). The lowest BCUT2D eigenvalue weighted by atomic mass is 10.1. The molecule has 0 bridgehead atoms. The first-order valence-corrected chi connectivity index (χ1v) is 10.4. The fraction of sp³-hybridized carbons (Fsp3) is 0.278. The molecule has 1 atom stereocenters. The highest BCUT2D eigenvalue weighted by atomic mass is 32.2. The Hall–Kier alpha value is -2.39. The summed E-state index contributed by atoms with van der Waals surface area (Å²) in [5, 5.41) is 13.7. The second-order valence-electron chi connectivity index (χ2n) is 6.34. The molecule has 1 aliphatic carbocycles. The Kier molecular flexibility index (Phi) is 5.13. The Bertz CT molecular complexity index is 922. The van der Waals surface area contributed by atoms with Crippen LogP contribution < -0.4 is 11.2 Å². The monoisotopic (exact) mass is 403 g/mol. The van der Waals surface area contributed by atoms with Gasteiger partial charge in [0.25, 0.3) is 0 Å². The number of carbonyl (C=O) groups is 1. The van der Waals surface area contributed by atoms with Gasteiger partial charge in [0.05, 0.1) is 11.8 Å². The summed E-state index contributed by atoms with van der Waals surface area (Å²) in [6, 6.07) is 9.71. The van der Waals surface area contributed by atoms with Gasteiger partial charge >= 0.3 is 0 Å². The molecule has 1 aromatic carbocycles. The first-order valence-electron chi connectivity index (χ1n) is 8.53. The molecule has 3 aromatic rings. The number of nitrogen functional groups attached to an aromatic ring is 1. The maximum Gasteiger partial charge on any atom is 0.231 e. The van der Waals surface area contributed by atoms with Gasteiger partial charge in [0, 0.05) is 10.8 Å². The zero-order chi connectivity index (χ0) is 18.8. The number of carbonyl (C=O) groups excluding carboxylic acids is 1. The predicted molar refractivity (Wildman–Crippen MR) is 104 cm³/mol. The molecule has 0 radical (unpaired) electrons. The number of amides is 1. The molecule has 27 heavy (non-hydrogen) atoms. The molecule has 1 amide bonds. The van der Waals surface area contributed by atoms with Crippen molar-refractivity contribution in [2.75, 3.05) is 11.6 Å². The molecule has 1 fully saturated rings. The van der Waals surface area contributed by atoms with Gasteiger partial charge in [0.1, 0.15) is 5.82 Å². The van der Waals surface area contributed by atoms with E-state index in [1.165, 1.54) is 28.6 Å². The van der Waals surface area contributed by atoms with Crippen LogP contribution >= 0.6 is 23.1 Å². The topological polar surface area (TPSA) is 85.8 Å². The molecule has 2 aromatic heterocycles. The number of thioether (sulfide) groups is 1. The minimum Gasteiger partial charge on any atom is -0.344 e. The van der Waals surface area contributed by atoms with Gasteiger partial charge in [-0.05, 0) is 42.0 Å². The highest BCUT2D eigenvalue weighted by Gasteiger charge is 2.30. The zero-order valence-corrected chi connectivity index (χ0v) is 16.0. The summed E-state index contributed by atoms with van der Waals surface area (Å²) in [7, 11) is 0. The SMILES string of the molecule is Nn1c(SCC(=O)N[C@H](c2ccc(F)cc2)c2cccs2)nnc1C1CC1. The smallest absolute Gasteiger partial charge is 0.231 e. The third-order valence-electron chi connectivity index (χ3n) is 4.30. The Labute approximate surface area is 164 Å². The van der Waals surface area contributed by atoms with Crippen LogP contribution in [0.1, 0.15) is 41.1 Å². The molecule has 6 nitrogen and oxygen atoms in total. The van der Waals surface area contributed by atoms with Crippen LogP contribution in [0.3, 0.4) is 0 Å². The maximum atomic E-state index is 13.2. The quantitative estimate of drug-likeness (QED) is 0.468. The summed E-state index contributed by atoms with van der Waals surface area (Å²) in [5.74, 6) is 6.90.